The number of imidazole rings is 1. The molecule has 0 aliphatic carbocycles. The molecule has 0 bridgehead atoms. The number of nitrogen functional groups attached to an aromatic ring is 1. The van der Waals surface area contributed by atoms with Crippen molar-refractivity contribution in [1.29, 1.82) is 0 Å². The first kappa shape index (κ1) is 18.7. The van der Waals surface area contributed by atoms with Gasteiger partial charge >= 0.3 is 0 Å². The number of nitrogens with zero attached hydrogens (tertiary/aromatic N) is 3. The van der Waals surface area contributed by atoms with Gasteiger partial charge in [-0.2, -0.15) is 0 Å². The van der Waals surface area contributed by atoms with Crippen LogP contribution >= 0.6 is 0 Å². The fourth-order valence-corrected chi connectivity index (χ4v) is 3.74. The van der Waals surface area contributed by atoms with Crippen molar-refractivity contribution in [3.63, 3.8) is 0 Å². The number of rotatable bonds is 8. The van der Waals surface area contributed by atoms with Gasteiger partial charge in [0.05, 0.1) is 5.52 Å². The summed E-state index contributed by atoms with van der Waals surface area (Å²) in [6.45, 7) is 6.99. The predicted molar refractivity (Wildman–Crippen MR) is 99.0 cm³/mol. The molecule has 0 aliphatic rings. The van der Waals surface area contributed by atoms with E-state index < -0.39 is 9.84 Å². The lowest BCUT2D eigenvalue weighted by Gasteiger charge is -2.11. The van der Waals surface area contributed by atoms with Gasteiger partial charge in [-0.25, -0.2) is 18.4 Å². The smallest absolute Gasteiger partial charge is 0.151 e. The number of fused-ring (bicyclic) bond motifs is 1. The first-order chi connectivity index (χ1) is 11.2. The lowest BCUT2D eigenvalue weighted by atomic mass is 10.2. The van der Waals surface area contributed by atoms with Gasteiger partial charge in [0.2, 0.25) is 0 Å². The lowest BCUT2D eigenvalue weighted by molar-refractivity contribution is 0.574. The minimum Gasteiger partial charge on any atom is -0.382 e. The van der Waals surface area contributed by atoms with Crippen molar-refractivity contribution in [2.24, 2.45) is 0 Å². The van der Waals surface area contributed by atoms with Crippen LogP contribution < -0.4 is 5.73 Å². The second kappa shape index (κ2) is 7.51. The molecular formula is C17H28N4O2S. The van der Waals surface area contributed by atoms with E-state index in [4.69, 9.17) is 10.7 Å². The molecule has 0 aliphatic heterocycles. The highest BCUT2D eigenvalue weighted by Crippen LogP contribution is 2.27. The van der Waals surface area contributed by atoms with E-state index in [1.54, 1.807) is 0 Å². The van der Waals surface area contributed by atoms with E-state index >= 15 is 0 Å². The molecule has 2 N–H and O–H groups in total. The van der Waals surface area contributed by atoms with Crippen LogP contribution in [0.3, 0.4) is 0 Å². The van der Waals surface area contributed by atoms with Gasteiger partial charge in [0.25, 0.3) is 0 Å². The maximum atomic E-state index is 11.2. The molecule has 0 atom stereocenters. The minimum absolute atomic E-state index is 0.258. The Hall–Kier alpha value is -1.63. The Bertz CT molecular complexity index is 825. The van der Waals surface area contributed by atoms with Gasteiger partial charge < -0.3 is 10.3 Å². The van der Waals surface area contributed by atoms with Gasteiger partial charge in [-0.1, -0.05) is 13.3 Å². The Labute approximate surface area is 144 Å². The van der Waals surface area contributed by atoms with E-state index in [-0.39, 0.29) is 5.75 Å². The molecule has 0 amide bonds. The first-order valence-corrected chi connectivity index (χ1v) is 10.6. The third-order valence-electron chi connectivity index (χ3n) is 4.35. The SMILES string of the molecule is CCCc1nc2c(N)nc(C)c(C)c2n1CCCCCS(C)(=O)=O. The van der Waals surface area contributed by atoms with Crippen LogP contribution in [0.2, 0.25) is 0 Å². The van der Waals surface area contributed by atoms with E-state index in [2.05, 4.69) is 23.4 Å². The largest absolute Gasteiger partial charge is 0.382 e. The molecule has 0 saturated heterocycles. The molecule has 134 valence electrons. The van der Waals surface area contributed by atoms with Crippen molar-refractivity contribution in [3.8, 4) is 0 Å². The highest BCUT2D eigenvalue weighted by Gasteiger charge is 2.16. The average molecular weight is 353 g/mol. The van der Waals surface area contributed by atoms with Crippen LogP contribution in [0.1, 0.15) is 49.7 Å². The second-order valence-electron chi connectivity index (χ2n) is 6.52. The van der Waals surface area contributed by atoms with Crippen molar-refractivity contribution < 1.29 is 8.42 Å². The zero-order chi connectivity index (χ0) is 17.9. The van der Waals surface area contributed by atoms with E-state index in [9.17, 15) is 8.42 Å². The van der Waals surface area contributed by atoms with E-state index in [0.29, 0.717) is 12.2 Å². The summed E-state index contributed by atoms with van der Waals surface area (Å²) in [4.78, 5) is 9.11. The van der Waals surface area contributed by atoms with Crippen molar-refractivity contribution in [3.05, 3.63) is 17.1 Å². The predicted octanol–water partition coefficient (Wildman–Crippen LogP) is 2.80. The fourth-order valence-electron chi connectivity index (χ4n) is 3.01. The van der Waals surface area contributed by atoms with E-state index in [1.807, 2.05) is 6.92 Å². The quantitative estimate of drug-likeness (QED) is 0.738. The topological polar surface area (TPSA) is 90.9 Å². The lowest BCUT2D eigenvalue weighted by Crippen LogP contribution is -2.07. The first-order valence-electron chi connectivity index (χ1n) is 8.54. The minimum atomic E-state index is -2.87. The van der Waals surface area contributed by atoms with Crippen LogP contribution in [0.15, 0.2) is 0 Å². The molecule has 0 fully saturated rings. The number of anilines is 1. The second-order valence-corrected chi connectivity index (χ2v) is 8.78. The summed E-state index contributed by atoms with van der Waals surface area (Å²) in [5.74, 6) is 1.79. The zero-order valence-electron chi connectivity index (χ0n) is 15.1. The number of unbranched alkanes of at least 4 members (excludes halogenated alkanes) is 2. The van der Waals surface area contributed by atoms with Gasteiger partial charge in [0, 0.05) is 30.7 Å². The van der Waals surface area contributed by atoms with Crippen molar-refractivity contribution in [2.45, 2.75) is 59.4 Å². The van der Waals surface area contributed by atoms with Crippen molar-refractivity contribution in [1.82, 2.24) is 14.5 Å². The van der Waals surface area contributed by atoms with Gasteiger partial charge in [-0.05, 0) is 38.7 Å². The standard InChI is InChI=1S/C17H28N4O2S/c1-5-9-14-20-15-16(12(2)13(3)19-17(15)18)21(14)10-7-6-8-11-24(4,22)23/h5-11H2,1-4H3,(H2,18,19). The number of aromatic nitrogens is 3. The summed E-state index contributed by atoms with van der Waals surface area (Å²) >= 11 is 0. The van der Waals surface area contributed by atoms with Crippen LogP contribution in [-0.2, 0) is 22.8 Å². The van der Waals surface area contributed by atoms with Crippen LogP contribution in [-0.4, -0.2) is 35.0 Å². The van der Waals surface area contributed by atoms with Crippen LogP contribution in [0.5, 0.6) is 0 Å². The number of pyridine rings is 1. The molecule has 2 rings (SSSR count). The summed E-state index contributed by atoms with van der Waals surface area (Å²) in [6.07, 6.45) is 5.72. The Kier molecular flexibility index (Phi) is 5.85. The highest BCUT2D eigenvalue weighted by atomic mass is 32.2. The Balaban J connectivity index is 2.25. The number of hydrogen-bond acceptors (Lipinski definition) is 5. The molecule has 24 heavy (non-hydrogen) atoms. The summed E-state index contributed by atoms with van der Waals surface area (Å²) in [5.41, 5.74) is 9.99. The summed E-state index contributed by atoms with van der Waals surface area (Å²) < 4.78 is 24.7. The fraction of sp³-hybridized carbons (Fsp3) is 0.647. The summed E-state index contributed by atoms with van der Waals surface area (Å²) in [5, 5.41) is 0. The molecule has 2 heterocycles. The van der Waals surface area contributed by atoms with Crippen molar-refractivity contribution in [2.75, 3.05) is 17.7 Å². The molecule has 6 nitrogen and oxygen atoms in total. The van der Waals surface area contributed by atoms with Gasteiger partial charge in [-0.15, -0.1) is 0 Å². The average Bonchev–Trinajstić information content (AvgIpc) is 2.83. The molecule has 7 heteroatoms. The molecule has 2 aromatic rings. The van der Waals surface area contributed by atoms with Crippen molar-refractivity contribution >= 4 is 26.7 Å². The Morgan fingerprint density at radius 1 is 1.12 bits per heavy atom. The molecule has 2 aromatic heterocycles. The van der Waals surface area contributed by atoms with Gasteiger partial charge in [0.15, 0.2) is 5.82 Å². The Morgan fingerprint density at radius 2 is 1.83 bits per heavy atom. The van der Waals surface area contributed by atoms with Gasteiger partial charge in [-0.3, -0.25) is 0 Å². The molecular weight excluding hydrogens is 324 g/mol. The zero-order valence-corrected chi connectivity index (χ0v) is 15.9. The summed E-state index contributed by atoms with van der Waals surface area (Å²) in [7, 11) is -2.87. The molecule has 0 saturated carbocycles. The van der Waals surface area contributed by atoms with Crippen LogP contribution in [0.4, 0.5) is 5.82 Å². The monoisotopic (exact) mass is 352 g/mol. The molecule has 0 aromatic carbocycles. The maximum Gasteiger partial charge on any atom is 0.151 e. The summed E-state index contributed by atoms with van der Waals surface area (Å²) in [6, 6.07) is 0. The van der Waals surface area contributed by atoms with E-state index in [1.165, 1.54) is 6.26 Å². The van der Waals surface area contributed by atoms with Crippen LogP contribution in [0.25, 0.3) is 11.0 Å². The normalized spacial score (nSPS) is 12.2. The Morgan fingerprint density at radius 3 is 2.46 bits per heavy atom. The third-order valence-corrected chi connectivity index (χ3v) is 5.38. The molecule has 0 radical (unpaired) electrons. The van der Waals surface area contributed by atoms with Gasteiger partial charge in [0.1, 0.15) is 21.2 Å². The number of hydrogen-bond donors (Lipinski definition) is 1. The molecule has 0 unspecified atom stereocenters. The number of nitrogens with two attached hydrogens (primary N) is 1. The third kappa shape index (κ3) is 4.26. The van der Waals surface area contributed by atoms with E-state index in [0.717, 1.165) is 60.3 Å². The number of sulfone groups is 1. The maximum absolute atomic E-state index is 11.2. The highest BCUT2D eigenvalue weighted by molar-refractivity contribution is 7.90. The van der Waals surface area contributed by atoms with Crippen LogP contribution in [0, 0.1) is 13.8 Å². The number of aryl methyl sites for hydroxylation is 4. The molecule has 0 spiro atoms.